The van der Waals surface area contributed by atoms with Crippen molar-refractivity contribution in [1.82, 2.24) is 16.0 Å². The first-order valence-electron chi connectivity index (χ1n) is 8.73. The number of rotatable bonds is 12. The lowest BCUT2D eigenvalue weighted by molar-refractivity contribution is -0.143. The maximum atomic E-state index is 12.4. The molecule has 0 aliphatic rings. The first-order valence-corrected chi connectivity index (χ1v) is 8.73. The molecular formula is C16H30N4O8. The molecule has 0 bridgehead atoms. The molecule has 0 rings (SSSR count). The summed E-state index contributed by atoms with van der Waals surface area (Å²) in [4.78, 5) is 47.5. The van der Waals surface area contributed by atoms with E-state index < -0.39 is 67.2 Å². The lowest BCUT2D eigenvalue weighted by Crippen LogP contribution is -2.60. The molecule has 0 saturated carbocycles. The Bertz CT molecular complexity index is 555. The van der Waals surface area contributed by atoms with Gasteiger partial charge in [0.15, 0.2) is 0 Å². The second-order valence-corrected chi connectivity index (χ2v) is 6.79. The molecule has 5 unspecified atom stereocenters. The number of carbonyl (C=O) groups excluding carboxylic acids is 3. The quantitative estimate of drug-likeness (QED) is 0.160. The number of carboxylic acid groups (broad SMARTS) is 1. The van der Waals surface area contributed by atoms with Crippen LogP contribution in [0.25, 0.3) is 0 Å². The molecule has 0 spiro atoms. The van der Waals surface area contributed by atoms with Crippen LogP contribution in [-0.2, 0) is 19.2 Å². The number of hydrogen-bond acceptors (Lipinski definition) is 8. The number of aliphatic hydroxyl groups excluding tert-OH is 3. The summed E-state index contributed by atoms with van der Waals surface area (Å²) in [6.07, 6.45) is -1.26. The van der Waals surface area contributed by atoms with Gasteiger partial charge in [0.05, 0.1) is 19.3 Å². The third kappa shape index (κ3) is 8.61. The summed E-state index contributed by atoms with van der Waals surface area (Å²) >= 11 is 0. The second kappa shape index (κ2) is 12.2. The van der Waals surface area contributed by atoms with Gasteiger partial charge in [-0.1, -0.05) is 13.8 Å². The molecule has 0 radical (unpaired) electrons. The zero-order chi connectivity index (χ0) is 22.0. The van der Waals surface area contributed by atoms with Crippen molar-refractivity contribution in [3.05, 3.63) is 0 Å². The van der Waals surface area contributed by atoms with E-state index in [0.717, 1.165) is 0 Å². The maximum absolute atomic E-state index is 12.4. The van der Waals surface area contributed by atoms with Gasteiger partial charge in [-0.3, -0.25) is 14.4 Å². The molecule has 0 saturated heterocycles. The number of amides is 3. The lowest BCUT2D eigenvalue weighted by Gasteiger charge is -2.26. The van der Waals surface area contributed by atoms with Gasteiger partial charge in [-0.05, 0) is 19.3 Å². The number of nitrogens with one attached hydrogen (secondary N) is 3. The molecule has 28 heavy (non-hydrogen) atoms. The van der Waals surface area contributed by atoms with E-state index in [9.17, 15) is 34.5 Å². The van der Waals surface area contributed by atoms with E-state index in [1.165, 1.54) is 6.92 Å². The van der Waals surface area contributed by atoms with Gasteiger partial charge in [0.2, 0.25) is 17.7 Å². The number of aliphatic carboxylic acids is 1. The molecule has 162 valence electrons. The average Bonchev–Trinajstić information content (AvgIpc) is 2.61. The standard InChI is InChI=1S/C16H30N4O8/c1-7(2)4-10(16(27)28)18-15(26)12(8(3)23)20-14(25)11(6-22)19-13(24)9(17)5-21/h7-12,21-23H,4-6,17H2,1-3H3,(H,18,26)(H,19,24)(H,20,25)(H,27,28). The van der Waals surface area contributed by atoms with E-state index in [2.05, 4.69) is 16.0 Å². The van der Waals surface area contributed by atoms with Gasteiger partial charge < -0.3 is 42.1 Å². The third-order valence-electron chi connectivity index (χ3n) is 3.73. The van der Waals surface area contributed by atoms with Crippen LogP contribution in [0, 0.1) is 5.92 Å². The van der Waals surface area contributed by atoms with Crippen molar-refractivity contribution in [1.29, 1.82) is 0 Å². The molecule has 0 heterocycles. The highest BCUT2D eigenvalue weighted by molar-refractivity contribution is 5.94. The zero-order valence-electron chi connectivity index (χ0n) is 16.1. The second-order valence-electron chi connectivity index (χ2n) is 6.79. The van der Waals surface area contributed by atoms with Crippen LogP contribution in [0.3, 0.4) is 0 Å². The minimum atomic E-state index is -1.53. The monoisotopic (exact) mass is 406 g/mol. The zero-order valence-corrected chi connectivity index (χ0v) is 16.1. The minimum absolute atomic E-state index is 0.0364. The molecule has 0 aromatic carbocycles. The highest BCUT2D eigenvalue weighted by Gasteiger charge is 2.32. The molecule has 9 N–H and O–H groups in total. The molecule has 3 amide bonds. The average molecular weight is 406 g/mol. The maximum Gasteiger partial charge on any atom is 0.326 e. The summed E-state index contributed by atoms with van der Waals surface area (Å²) in [5.41, 5.74) is 5.31. The van der Waals surface area contributed by atoms with Gasteiger partial charge >= 0.3 is 5.97 Å². The fraction of sp³-hybridized carbons (Fsp3) is 0.750. The summed E-state index contributed by atoms with van der Waals surface area (Å²) in [5.74, 6) is -4.15. The Kier molecular flexibility index (Phi) is 11.2. The van der Waals surface area contributed by atoms with Crippen LogP contribution < -0.4 is 21.7 Å². The SMILES string of the molecule is CC(C)CC(NC(=O)C(NC(=O)C(CO)NC(=O)C(N)CO)C(C)O)C(=O)O. The molecule has 0 aliphatic heterocycles. The number of aliphatic hydroxyl groups is 3. The molecule has 0 aromatic heterocycles. The Morgan fingerprint density at radius 3 is 1.79 bits per heavy atom. The van der Waals surface area contributed by atoms with Crippen LogP contribution in [0.2, 0.25) is 0 Å². The third-order valence-corrected chi connectivity index (χ3v) is 3.73. The van der Waals surface area contributed by atoms with Crippen LogP contribution in [0.4, 0.5) is 0 Å². The van der Waals surface area contributed by atoms with E-state index in [4.69, 9.17) is 10.8 Å². The number of hydrogen-bond donors (Lipinski definition) is 8. The number of carbonyl (C=O) groups is 4. The van der Waals surface area contributed by atoms with Crippen molar-refractivity contribution in [2.75, 3.05) is 13.2 Å². The van der Waals surface area contributed by atoms with Crippen molar-refractivity contribution in [2.24, 2.45) is 11.7 Å². The summed E-state index contributed by atoms with van der Waals surface area (Å²) in [6.45, 7) is 3.21. The van der Waals surface area contributed by atoms with Crippen molar-refractivity contribution in [3.8, 4) is 0 Å². The topological polar surface area (TPSA) is 211 Å². The van der Waals surface area contributed by atoms with Crippen molar-refractivity contribution in [3.63, 3.8) is 0 Å². The first kappa shape index (κ1) is 25.7. The fourth-order valence-electron chi connectivity index (χ4n) is 2.17. The van der Waals surface area contributed by atoms with Crippen molar-refractivity contribution >= 4 is 23.7 Å². The summed E-state index contributed by atoms with van der Waals surface area (Å²) in [7, 11) is 0. The van der Waals surface area contributed by atoms with Crippen LogP contribution >= 0.6 is 0 Å². The van der Waals surface area contributed by atoms with Crippen LogP contribution in [0.15, 0.2) is 0 Å². The minimum Gasteiger partial charge on any atom is -0.480 e. The lowest BCUT2D eigenvalue weighted by atomic mass is 10.0. The Balaban J connectivity index is 5.16. The van der Waals surface area contributed by atoms with Gasteiger partial charge in [0.1, 0.15) is 24.2 Å². The normalized spacial score (nSPS) is 16.4. The summed E-state index contributed by atoms with van der Waals surface area (Å²) in [6, 6.07) is -5.56. The Hall–Kier alpha value is -2.28. The van der Waals surface area contributed by atoms with Crippen LogP contribution in [-0.4, -0.2) is 87.6 Å². The van der Waals surface area contributed by atoms with Gasteiger partial charge in [-0.15, -0.1) is 0 Å². The molecule has 0 fully saturated rings. The molecule has 12 heteroatoms. The Labute approximate surface area is 162 Å². The predicted octanol–water partition coefficient (Wildman–Crippen LogP) is -3.74. The van der Waals surface area contributed by atoms with E-state index in [1.54, 1.807) is 13.8 Å². The van der Waals surface area contributed by atoms with Crippen molar-refractivity contribution < 1.29 is 39.6 Å². The first-order chi connectivity index (χ1) is 12.9. The van der Waals surface area contributed by atoms with Crippen LogP contribution in [0.1, 0.15) is 27.2 Å². The smallest absolute Gasteiger partial charge is 0.326 e. The largest absolute Gasteiger partial charge is 0.480 e. The highest BCUT2D eigenvalue weighted by atomic mass is 16.4. The van der Waals surface area contributed by atoms with Gasteiger partial charge in [0.25, 0.3) is 0 Å². The Morgan fingerprint density at radius 2 is 1.39 bits per heavy atom. The fourth-order valence-corrected chi connectivity index (χ4v) is 2.17. The predicted molar refractivity (Wildman–Crippen MR) is 96.7 cm³/mol. The molecule has 0 aliphatic carbocycles. The molecule has 12 nitrogen and oxygen atoms in total. The number of carboxylic acids is 1. The molecule has 0 aromatic rings. The van der Waals surface area contributed by atoms with Crippen molar-refractivity contribution in [2.45, 2.75) is 57.5 Å². The highest BCUT2D eigenvalue weighted by Crippen LogP contribution is 2.06. The molecular weight excluding hydrogens is 376 g/mol. The van der Waals surface area contributed by atoms with E-state index in [0.29, 0.717) is 0 Å². The Morgan fingerprint density at radius 1 is 0.857 bits per heavy atom. The van der Waals surface area contributed by atoms with Gasteiger partial charge in [0, 0.05) is 0 Å². The molecule has 5 atom stereocenters. The summed E-state index contributed by atoms with van der Waals surface area (Å²) < 4.78 is 0. The van der Waals surface area contributed by atoms with Crippen LogP contribution in [0.5, 0.6) is 0 Å². The van der Waals surface area contributed by atoms with E-state index in [1.807, 2.05) is 0 Å². The van der Waals surface area contributed by atoms with E-state index >= 15 is 0 Å². The van der Waals surface area contributed by atoms with Gasteiger partial charge in [-0.2, -0.15) is 0 Å². The summed E-state index contributed by atoms with van der Waals surface area (Å²) in [5, 5.41) is 43.6. The van der Waals surface area contributed by atoms with E-state index in [-0.39, 0.29) is 12.3 Å². The van der Waals surface area contributed by atoms with Gasteiger partial charge in [-0.25, -0.2) is 4.79 Å². The number of nitrogens with two attached hydrogens (primary N) is 1.